The maximum absolute atomic E-state index is 13.6. The first-order valence-electron chi connectivity index (χ1n) is 9.94. The maximum atomic E-state index is 13.6. The minimum atomic E-state index is -0.547. The van der Waals surface area contributed by atoms with Crippen molar-refractivity contribution in [3.8, 4) is 11.1 Å². The van der Waals surface area contributed by atoms with Crippen molar-refractivity contribution in [2.45, 2.75) is 26.2 Å². The van der Waals surface area contributed by atoms with Crippen LogP contribution in [0.1, 0.15) is 25.3 Å². The Labute approximate surface area is 170 Å². The van der Waals surface area contributed by atoms with Crippen molar-refractivity contribution < 1.29 is 18.7 Å². The SMILES string of the molecule is CC(=O)NCCNC(=O)C1(Cc2cccc(-c3cccc(F)c3)c2)CCOCC1. The molecule has 1 aliphatic heterocycles. The molecule has 2 aromatic rings. The van der Waals surface area contributed by atoms with Gasteiger partial charge in [0.2, 0.25) is 11.8 Å². The van der Waals surface area contributed by atoms with E-state index in [1.54, 1.807) is 6.07 Å². The van der Waals surface area contributed by atoms with Gasteiger partial charge in [-0.25, -0.2) is 4.39 Å². The second kappa shape index (κ2) is 9.65. The number of nitrogens with one attached hydrogen (secondary N) is 2. The topological polar surface area (TPSA) is 67.4 Å². The molecule has 1 heterocycles. The maximum Gasteiger partial charge on any atom is 0.226 e. The molecule has 5 nitrogen and oxygen atoms in total. The summed E-state index contributed by atoms with van der Waals surface area (Å²) in [4.78, 5) is 24.0. The summed E-state index contributed by atoms with van der Waals surface area (Å²) in [6.45, 7) is 3.34. The summed E-state index contributed by atoms with van der Waals surface area (Å²) < 4.78 is 19.1. The first kappa shape index (κ1) is 21.0. The molecule has 0 spiro atoms. The lowest BCUT2D eigenvalue weighted by molar-refractivity contribution is -0.136. The Hall–Kier alpha value is -2.73. The largest absolute Gasteiger partial charge is 0.381 e. The molecule has 0 aliphatic carbocycles. The minimum absolute atomic E-state index is 0.0117. The lowest BCUT2D eigenvalue weighted by Gasteiger charge is -2.36. The Bertz CT molecular complexity index is 863. The van der Waals surface area contributed by atoms with Crippen LogP contribution >= 0.6 is 0 Å². The monoisotopic (exact) mass is 398 g/mol. The average molecular weight is 398 g/mol. The van der Waals surface area contributed by atoms with Gasteiger partial charge in [-0.1, -0.05) is 36.4 Å². The summed E-state index contributed by atoms with van der Waals surface area (Å²) in [5.74, 6) is -0.399. The first-order chi connectivity index (χ1) is 14.0. The average Bonchev–Trinajstić information content (AvgIpc) is 2.72. The fourth-order valence-corrected chi connectivity index (χ4v) is 3.77. The van der Waals surface area contributed by atoms with Crippen molar-refractivity contribution in [3.05, 3.63) is 59.9 Å². The molecule has 2 amide bonds. The molecule has 2 N–H and O–H groups in total. The van der Waals surface area contributed by atoms with Gasteiger partial charge in [-0.3, -0.25) is 9.59 Å². The van der Waals surface area contributed by atoms with Crippen LogP contribution < -0.4 is 10.6 Å². The molecule has 0 unspecified atom stereocenters. The van der Waals surface area contributed by atoms with Gasteiger partial charge in [-0.2, -0.15) is 0 Å². The van der Waals surface area contributed by atoms with Gasteiger partial charge in [0.25, 0.3) is 0 Å². The molecule has 0 radical (unpaired) electrons. The molecular formula is C23H27FN2O3. The van der Waals surface area contributed by atoms with E-state index >= 15 is 0 Å². The van der Waals surface area contributed by atoms with Gasteiger partial charge >= 0.3 is 0 Å². The highest BCUT2D eigenvalue weighted by Gasteiger charge is 2.39. The molecule has 2 aromatic carbocycles. The summed E-state index contributed by atoms with van der Waals surface area (Å²) >= 11 is 0. The van der Waals surface area contributed by atoms with E-state index < -0.39 is 5.41 Å². The van der Waals surface area contributed by atoms with Crippen LogP contribution in [0.15, 0.2) is 48.5 Å². The van der Waals surface area contributed by atoms with E-state index in [-0.39, 0.29) is 17.6 Å². The molecule has 29 heavy (non-hydrogen) atoms. The number of hydrogen-bond donors (Lipinski definition) is 2. The van der Waals surface area contributed by atoms with Crippen LogP contribution in [0.4, 0.5) is 4.39 Å². The Morgan fingerprint density at radius 1 is 1.00 bits per heavy atom. The molecule has 1 saturated heterocycles. The van der Waals surface area contributed by atoms with Crippen molar-refractivity contribution in [3.63, 3.8) is 0 Å². The van der Waals surface area contributed by atoms with E-state index in [0.29, 0.717) is 45.6 Å². The van der Waals surface area contributed by atoms with Crippen molar-refractivity contribution in [2.75, 3.05) is 26.3 Å². The second-order valence-electron chi connectivity index (χ2n) is 7.52. The molecule has 1 aliphatic rings. The third kappa shape index (κ3) is 5.64. The third-order valence-corrected chi connectivity index (χ3v) is 5.34. The number of carbonyl (C=O) groups is 2. The Morgan fingerprint density at radius 3 is 2.34 bits per heavy atom. The van der Waals surface area contributed by atoms with Gasteiger partial charge in [0.15, 0.2) is 0 Å². The predicted octanol–water partition coefficient (Wildman–Crippen LogP) is 3.08. The first-order valence-corrected chi connectivity index (χ1v) is 9.94. The molecule has 6 heteroatoms. The van der Waals surface area contributed by atoms with Crippen molar-refractivity contribution in [1.29, 1.82) is 0 Å². The van der Waals surface area contributed by atoms with Crippen molar-refractivity contribution in [2.24, 2.45) is 5.41 Å². The molecule has 154 valence electrons. The van der Waals surface area contributed by atoms with E-state index in [2.05, 4.69) is 10.6 Å². The summed E-state index contributed by atoms with van der Waals surface area (Å²) in [7, 11) is 0. The Kier molecular flexibility index (Phi) is 6.99. The van der Waals surface area contributed by atoms with Crippen LogP contribution in [0, 0.1) is 11.2 Å². The molecule has 0 aromatic heterocycles. The van der Waals surface area contributed by atoms with Gasteiger partial charge in [-0.05, 0) is 48.1 Å². The normalized spacial score (nSPS) is 15.5. The molecular weight excluding hydrogens is 371 g/mol. The number of amides is 2. The number of ether oxygens (including phenoxy) is 1. The van der Waals surface area contributed by atoms with Gasteiger partial charge in [-0.15, -0.1) is 0 Å². The molecule has 0 bridgehead atoms. The molecule has 0 saturated carbocycles. The van der Waals surface area contributed by atoms with Crippen molar-refractivity contribution >= 4 is 11.8 Å². The highest BCUT2D eigenvalue weighted by atomic mass is 19.1. The van der Waals surface area contributed by atoms with Crippen LogP contribution in [0.2, 0.25) is 0 Å². The summed E-state index contributed by atoms with van der Waals surface area (Å²) in [5.41, 5.74) is 2.23. The minimum Gasteiger partial charge on any atom is -0.381 e. The van der Waals surface area contributed by atoms with Crippen LogP contribution in [-0.2, 0) is 20.7 Å². The number of rotatable bonds is 7. The van der Waals surface area contributed by atoms with E-state index in [4.69, 9.17) is 4.74 Å². The second-order valence-corrected chi connectivity index (χ2v) is 7.52. The van der Waals surface area contributed by atoms with Gasteiger partial charge < -0.3 is 15.4 Å². The number of halogens is 1. The van der Waals surface area contributed by atoms with Gasteiger partial charge in [0.05, 0.1) is 5.41 Å². The summed E-state index contributed by atoms with van der Waals surface area (Å²) in [5, 5.41) is 5.65. The fraction of sp³-hybridized carbons (Fsp3) is 0.391. The van der Waals surface area contributed by atoms with Crippen LogP contribution in [-0.4, -0.2) is 38.1 Å². The summed E-state index contributed by atoms with van der Waals surface area (Å²) in [6.07, 6.45) is 1.87. The van der Waals surface area contributed by atoms with E-state index in [1.165, 1.54) is 19.1 Å². The highest BCUT2D eigenvalue weighted by Crippen LogP contribution is 2.35. The number of hydrogen-bond acceptors (Lipinski definition) is 3. The van der Waals surface area contributed by atoms with E-state index in [0.717, 1.165) is 16.7 Å². The Morgan fingerprint density at radius 2 is 1.66 bits per heavy atom. The van der Waals surface area contributed by atoms with E-state index in [1.807, 2.05) is 30.3 Å². The van der Waals surface area contributed by atoms with Crippen molar-refractivity contribution in [1.82, 2.24) is 10.6 Å². The third-order valence-electron chi connectivity index (χ3n) is 5.34. The zero-order chi connectivity index (χ0) is 20.7. The Balaban J connectivity index is 1.75. The quantitative estimate of drug-likeness (QED) is 0.705. The predicted molar refractivity (Wildman–Crippen MR) is 110 cm³/mol. The number of carbonyl (C=O) groups excluding carboxylic acids is 2. The van der Waals surface area contributed by atoms with E-state index in [9.17, 15) is 14.0 Å². The molecule has 3 rings (SSSR count). The lowest BCUT2D eigenvalue weighted by atomic mass is 9.74. The smallest absolute Gasteiger partial charge is 0.226 e. The van der Waals surface area contributed by atoms with Gasteiger partial charge in [0.1, 0.15) is 5.82 Å². The summed E-state index contributed by atoms with van der Waals surface area (Å²) in [6, 6.07) is 14.4. The molecule has 1 fully saturated rings. The van der Waals surface area contributed by atoms with Crippen LogP contribution in [0.5, 0.6) is 0 Å². The molecule has 0 atom stereocenters. The van der Waals surface area contributed by atoms with Crippen LogP contribution in [0.3, 0.4) is 0 Å². The fourth-order valence-electron chi connectivity index (χ4n) is 3.77. The number of benzene rings is 2. The standard InChI is InChI=1S/C23H27FN2O3/c1-17(27)25-10-11-26-22(28)23(8-12-29-13-9-23)16-18-4-2-5-19(14-18)20-6-3-7-21(24)15-20/h2-7,14-15H,8-13,16H2,1H3,(H,25,27)(H,26,28). The zero-order valence-electron chi connectivity index (χ0n) is 16.7. The zero-order valence-corrected chi connectivity index (χ0v) is 16.7. The highest BCUT2D eigenvalue weighted by molar-refractivity contribution is 5.83. The lowest BCUT2D eigenvalue weighted by Crippen LogP contribution is -2.47. The van der Waals surface area contributed by atoms with Gasteiger partial charge in [0, 0.05) is 33.2 Å². The van der Waals surface area contributed by atoms with Crippen LogP contribution in [0.25, 0.3) is 11.1 Å².